The lowest BCUT2D eigenvalue weighted by molar-refractivity contribution is -0.274. The zero-order chi connectivity index (χ0) is 19.3. The summed E-state index contributed by atoms with van der Waals surface area (Å²) in [6.45, 7) is 1.13. The van der Waals surface area contributed by atoms with Crippen LogP contribution < -0.4 is 15.4 Å². The maximum atomic E-state index is 13.7. The topological polar surface area (TPSA) is 50.4 Å². The van der Waals surface area contributed by atoms with E-state index in [9.17, 15) is 26.7 Å². The number of anilines is 1. The van der Waals surface area contributed by atoms with Crippen LogP contribution in [0.5, 0.6) is 5.75 Å². The zero-order valence-electron chi connectivity index (χ0n) is 13.5. The first kappa shape index (κ1) is 19.5. The van der Waals surface area contributed by atoms with E-state index < -0.39 is 35.7 Å². The Kier molecular flexibility index (Phi) is 6.01. The number of carbonyl (C=O) groups excluding carboxylic acids is 1. The second kappa shape index (κ2) is 8.03. The molecule has 0 bridgehead atoms. The molecule has 2 rings (SSSR count). The van der Waals surface area contributed by atoms with Gasteiger partial charge in [0.25, 0.3) is 0 Å². The Bertz CT molecular complexity index is 780. The van der Waals surface area contributed by atoms with Gasteiger partial charge in [0.1, 0.15) is 11.6 Å². The minimum atomic E-state index is -4.87. The number of hydrogen-bond donors (Lipinski definition) is 2. The molecule has 140 valence electrons. The summed E-state index contributed by atoms with van der Waals surface area (Å²) >= 11 is 0. The molecule has 0 aliphatic carbocycles. The number of amides is 1. The van der Waals surface area contributed by atoms with Gasteiger partial charge in [-0.3, -0.25) is 4.79 Å². The highest BCUT2D eigenvalue weighted by Gasteiger charge is 2.32. The van der Waals surface area contributed by atoms with Crippen molar-refractivity contribution in [2.45, 2.75) is 19.3 Å². The lowest BCUT2D eigenvalue weighted by Gasteiger charge is -2.17. The molecule has 0 aliphatic rings. The van der Waals surface area contributed by atoms with Crippen molar-refractivity contribution in [2.75, 3.05) is 11.9 Å². The third-order valence-corrected chi connectivity index (χ3v) is 3.36. The Morgan fingerprint density at radius 2 is 1.85 bits per heavy atom. The van der Waals surface area contributed by atoms with Crippen molar-refractivity contribution in [1.29, 1.82) is 0 Å². The molecular formula is C17H15F5N2O2. The van der Waals surface area contributed by atoms with Gasteiger partial charge < -0.3 is 15.4 Å². The molecule has 4 nitrogen and oxygen atoms in total. The van der Waals surface area contributed by atoms with Crippen LogP contribution in [0.1, 0.15) is 18.5 Å². The monoisotopic (exact) mass is 374 g/mol. The summed E-state index contributed by atoms with van der Waals surface area (Å²) in [4.78, 5) is 11.9. The Morgan fingerprint density at radius 3 is 2.50 bits per heavy atom. The summed E-state index contributed by atoms with van der Waals surface area (Å²) in [6, 6.07) is 7.44. The number of ether oxygens (including phenoxy) is 1. The summed E-state index contributed by atoms with van der Waals surface area (Å²) < 4.78 is 67.5. The van der Waals surface area contributed by atoms with E-state index in [0.29, 0.717) is 6.07 Å². The fraction of sp³-hybridized carbons (Fsp3) is 0.235. The van der Waals surface area contributed by atoms with Gasteiger partial charge in [0.05, 0.1) is 18.3 Å². The van der Waals surface area contributed by atoms with Gasteiger partial charge in [0.2, 0.25) is 5.91 Å². The maximum Gasteiger partial charge on any atom is 0.573 e. The molecule has 0 fully saturated rings. The average Bonchev–Trinajstić information content (AvgIpc) is 2.52. The van der Waals surface area contributed by atoms with E-state index in [1.807, 2.05) is 0 Å². The van der Waals surface area contributed by atoms with Gasteiger partial charge in [0.15, 0.2) is 5.75 Å². The summed E-state index contributed by atoms with van der Waals surface area (Å²) in [5.41, 5.74) is 0.0566. The first-order chi connectivity index (χ1) is 12.2. The van der Waals surface area contributed by atoms with E-state index in [4.69, 9.17) is 0 Å². The van der Waals surface area contributed by atoms with Crippen molar-refractivity contribution >= 4 is 11.6 Å². The highest BCUT2D eigenvalue weighted by atomic mass is 19.4. The van der Waals surface area contributed by atoms with Gasteiger partial charge in [-0.1, -0.05) is 18.2 Å². The molecule has 1 atom stereocenters. The molecule has 0 heterocycles. The van der Waals surface area contributed by atoms with Crippen molar-refractivity contribution in [1.82, 2.24) is 5.32 Å². The first-order valence-electron chi connectivity index (χ1n) is 7.48. The third kappa shape index (κ3) is 5.61. The van der Waals surface area contributed by atoms with E-state index in [0.717, 1.165) is 12.1 Å². The second-order valence-corrected chi connectivity index (χ2v) is 5.35. The van der Waals surface area contributed by atoms with E-state index in [2.05, 4.69) is 15.4 Å². The molecule has 0 aromatic heterocycles. The lowest BCUT2D eigenvalue weighted by Crippen LogP contribution is -2.32. The second-order valence-electron chi connectivity index (χ2n) is 5.35. The van der Waals surface area contributed by atoms with Crippen molar-refractivity contribution in [3.8, 4) is 5.75 Å². The Hall–Kier alpha value is -2.84. The summed E-state index contributed by atoms with van der Waals surface area (Å²) in [6.07, 6.45) is -4.87. The SMILES string of the molecule is C[C@H](NC(=O)CNc1ccccc1OC(F)(F)F)c1ccc(F)cc1F. The van der Waals surface area contributed by atoms with Crippen LogP contribution in [0.15, 0.2) is 42.5 Å². The molecule has 0 radical (unpaired) electrons. The van der Waals surface area contributed by atoms with Gasteiger partial charge in [-0.05, 0) is 25.1 Å². The van der Waals surface area contributed by atoms with Crippen molar-refractivity contribution in [3.63, 3.8) is 0 Å². The van der Waals surface area contributed by atoms with Gasteiger partial charge in [-0.2, -0.15) is 0 Å². The first-order valence-corrected chi connectivity index (χ1v) is 7.48. The van der Waals surface area contributed by atoms with Crippen LogP contribution in [0.3, 0.4) is 0 Å². The largest absolute Gasteiger partial charge is 0.573 e. The number of nitrogens with one attached hydrogen (secondary N) is 2. The lowest BCUT2D eigenvalue weighted by atomic mass is 10.1. The van der Waals surface area contributed by atoms with E-state index in [1.165, 1.54) is 31.2 Å². The number of carbonyl (C=O) groups is 1. The summed E-state index contributed by atoms with van der Waals surface area (Å²) in [7, 11) is 0. The molecule has 26 heavy (non-hydrogen) atoms. The molecule has 0 aliphatic heterocycles. The molecule has 2 aromatic rings. The summed E-state index contributed by atoms with van der Waals surface area (Å²) in [5.74, 6) is -2.63. The fourth-order valence-electron chi connectivity index (χ4n) is 2.22. The van der Waals surface area contributed by atoms with Gasteiger partial charge >= 0.3 is 6.36 Å². The molecular weight excluding hydrogens is 359 g/mol. The van der Waals surface area contributed by atoms with Gasteiger partial charge in [-0.15, -0.1) is 13.2 Å². The molecule has 1 amide bonds. The van der Waals surface area contributed by atoms with Crippen LogP contribution in [0.4, 0.5) is 27.6 Å². The number of alkyl halides is 3. The fourth-order valence-corrected chi connectivity index (χ4v) is 2.22. The van der Waals surface area contributed by atoms with Crippen LogP contribution in [0.25, 0.3) is 0 Å². The minimum Gasteiger partial charge on any atom is -0.404 e. The maximum absolute atomic E-state index is 13.7. The molecule has 0 unspecified atom stereocenters. The number of halogens is 5. The third-order valence-electron chi connectivity index (χ3n) is 3.36. The van der Waals surface area contributed by atoms with E-state index in [-0.39, 0.29) is 17.8 Å². The highest BCUT2D eigenvalue weighted by Crippen LogP contribution is 2.29. The Morgan fingerprint density at radius 1 is 1.15 bits per heavy atom. The molecule has 9 heteroatoms. The van der Waals surface area contributed by atoms with Crippen molar-refractivity contribution < 1.29 is 31.5 Å². The summed E-state index contributed by atoms with van der Waals surface area (Å²) in [5, 5.41) is 4.99. The molecule has 2 N–H and O–H groups in total. The van der Waals surface area contributed by atoms with Crippen LogP contribution in [0.2, 0.25) is 0 Å². The predicted molar refractivity (Wildman–Crippen MR) is 84.5 cm³/mol. The zero-order valence-corrected chi connectivity index (χ0v) is 13.5. The smallest absolute Gasteiger partial charge is 0.404 e. The number of para-hydroxylation sites is 2. The van der Waals surface area contributed by atoms with Gasteiger partial charge in [0, 0.05) is 11.6 Å². The van der Waals surface area contributed by atoms with Gasteiger partial charge in [-0.25, -0.2) is 8.78 Å². The normalized spacial score (nSPS) is 12.4. The Labute approximate surface area is 146 Å². The minimum absolute atomic E-state index is 0.0272. The van der Waals surface area contributed by atoms with E-state index in [1.54, 1.807) is 0 Å². The van der Waals surface area contributed by atoms with Crippen LogP contribution >= 0.6 is 0 Å². The molecule has 2 aromatic carbocycles. The highest BCUT2D eigenvalue weighted by molar-refractivity contribution is 5.81. The quantitative estimate of drug-likeness (QED) is 0.747. The number of benzene rings is 2. The van der Waals surface area contributed by atoms with Crippen molar-refractivity contribution in [3.05, 3.63) is 59.7 Å². The van der Waals surface area contributed by atoms with Crippen LogP contribution in [0, 0.1) is 11.6 Å². The van der Waals surface area contributed by atoms with Crippen LogP contribution in [-0.4, -0.2) is 18.8 Å². The molecule has 0 saturated carbocycles. The molecule has 0 spiro atoms. The number of hydrogen-bond acceptors (Lipinski definition) is 3. The Balaban J connectivity index is 1.97. The number of rotatable bonds is 6. The standard InChI is InChI=1S/C17H15F5N2O2/c1-10(12-7-6-11(18)8-13(12)19)24-16(25)9-23-14-4-2-3-5-15(14)26-17(20,21)22/h2-8,10,23H,9H2,1H3,(H,24,25)/t10-/m0/s1. The van der Waals surface area contributed by atoms with Crippen molar-refractivity contribution in [2.24, 2.45) is 0 Å². The van der Waals surface area contributed by atoms with E-state index >= 15 is 0 Å². The van der Waals surface area contributed by atoms with Crippen LogP contribution in [-0.2, 0) is 4.79 Å². The predicted octanol–water partition coefficient (Wildman–Crippen LogP) is 4.15. The molecule has 0 saturated heterocycles. The average molecular weight is 374 g/mol.